The number of hydrogen-bond donors (Lipinski definition) is 0. The first-order valence-electron chi connectivity index (χ1n) is 6.11. The van der Waals surface area contributed by atoms with E-state index >= 15 is 0 Å². The summed E-state index contributed by atoms with van der Waals surface area (Å²) in [6, 6.07) is 2.24. The van der Waals surface area contributed by atoms with Gasteiger partial charge < -0.3 is 0 Å². The van der Waals surface area contributed by atoms with Crippen molar-refractivity contribution in [3.63, 3.8) is 0 Å². The van der Waals surface area contributed by atoms with Gasteiger partial charge in [0, 0.05) is 13.6 Å². The Labute approximate surface area is 110 Å². The highest BCUT2D eigenvalue weighted by atomic mass is 16.1. The van der Waals surface area contributed by atoms with E-state index in [1.54, 1.807) is 7.05 Å². The van der Waals surface area contributed by atoms with Gasteiger partial charge in [-0.3, -0.25) is 4.79 Å². The van der Waals surface area contributed by atoms with Gasteiger partial charge in [0.15, 0.2) is 5.65 Å². The van der Waals surface area contributed by atoms with Gasteiger partial charge in [-0.05, 0) is 26.7 Å². The van der Waals surface area contributed by atoms with Crippen molar-refractivity contribution >= 4 is 11.0 Å². The van der Waals surface area contributed by atoms with E-state index in [1.807, 2.05) is 13.8 Å². The van der Waals surface area contributed by atoms with Gasteiger partial charge in [-0.25, -0.2) is 9.36 Å². The average molecular weight is 260 g/mol. The molecule has 7 nitrogen and oxygen atoms in total. The predicted octanol–water partition coefficient (Wildman–Crippen LogP) is 0.855. The summed E-state index contributed by atoms with van der Waals surface area (Å²) >= 11 is 0. The molecule has 0 bridgehead atoms. The Balaban J connectivity index is 2.17. The van der Waals surface area contributed by atoms with Gasteiger partial charge in [0.05, 0.1) is 17.7 Å². The Morgan fingerprint density at radius 1 is 1.47 bits per heavy atom. The van der Waals surface area contributed by atoms with E-state index in [9.17, 15) is 4.79 Å². The second kappa shape index (κ2) is 4.80. The number of nitrogens with zero attached hydrogens (tertiary/aromatic N) is 6. The van der Waals surface area contributed by atoms with Crippen LogP contribution in [0.4, 0.5) is 0 Å². The number of hydrogen-bond acceptors (Lipinski definition) is 5. The van der Waals surface area contributed by atoms with Crippen molar-refractivity contribution in [2.24, 2.45) is 12.5 Å². The highest BCUT2D eigenvalue weighted by molar-refractivity contribution is 5.72. The number of fused-ring (bicyclic) bond motifs is 1. The Hall–Kier alpha value is -2.23. The number of nitriles is 1. The van der Waals surface area contributed by atoms with Crippen molar-refractivity contribution in [3.05, 3.63) is 16.6 Å². The summed E-state index contributed by atoms with van der Waals surface area (Å²) in [5.74, 6) is 0. The summed E-state index contributed by atoms with van der Waals surface area (Å²) in [5.41, 5.74) is -0.0819. The SMILES string of the molecule is Cn1ncc2c(=O)n(CCCC(C)(C)C#N)nnc21. The van der Waals surface area contributed by atoms with E-state index < -0.39 is 0 Å². The fourth-order valence-corrected chi connectivity index (χ4v) is 1.85. The summed E-state index contributed by atoms with van der Waals surface area (Å²) in [7, 11) is 1.72. The largest absolute Gasteiger partial charge is 0.280 e. The molecule has 0 spiro atoms. The molecule has 2 aromatic heterocycles. The van der Waals surface area contributed by atoms with E-state index in [0.717, 1.165) is 0 Å². The first-order valence-corrected chi connectivity index (χ1v) is 6.11. The van der Waals surface area contributed by atoms with Crippen molar-refractivity contribution in [3.8, 4) is 6.07 Å². The minimum absolute atomic E-state index is 0.187. The van der Waals surface area contributed by atoms with Crippen LogP contribution in [-0.2, 0) is 13.6 Å². The van der Waals surface area contributed by atoms with Crippen LogP contribution in [0.1, 0.15) is 26.7 Å². The minimum atomic E-state index is -0.380. The fraction of sp³-hybridized carbons (Fsp3) is 0.583. The zero-order chi connectivity index (χ0) is 14.0. The molecule has 19 heavy (non-hydrogen) atoms. The topological polar surface area (TPSA) is 89.4 Å². The zero-order valence-corrected chi connectivity index (χ0v) is 11.3. The Bertz CT molecular complexity index is 690. The lowest BCUT2D eigenvalue weighted by Gasteiger charge is -2.14. The maximum atomic E-state index is 12.1. The number of aromatic nitrogens is 5. The lowest BCUT2D eigenvalue weighted by atomic mass is 9.90. The van der Waals surface area contributed by atoms with Crippen molar-refractivity contribution in [2.45, 2.75) is 33.2 Å². The van der Waals surface area contributed by atoms with Crippen LogP contribution in [0.25, 0.3) is 11.0 Å². The van der Waals surface area contributed by atoms with Gasteiger partial charge in [0.25, 0.3) is 5.56 Å². The monoisotopic (exact) mass is 260 g/mol. The molecule has 0 saturated carbocycles. The summed E-state index contributed by atoms with van der Waals surface area (Å²) in [6.07, 6.45) is 2.92. The summed E-state index contributed by atoms with van der Waals surface area (Å²) in [4.78, 5) is 12.1. The van der Waals surface area contributed by atoms with E-state index in [2.05, 4.69) is 21.5 Å². The third-order valence-corrected chi connectivity index (χ3v) is 3.09. The molecule has 0 aliphatic heterocycles. The normalized spacial score (nSPS) is 11.7. The predicted molar refractivity (Wildman–Crippen MR) is 69.2 cm³/mol. The lowest BCUT2D eigenvalue weighted by Crippen LogP contribution is -2.25. The molecule has 2 aromatic rings. The van der Waals surface area contributed by atoms with Crippen molar-refractivity contribution in [2.75, 3.05) is 0 Å². The summed E-state index contributed by atoms with van der Waals surface area (Å²) < 4.78 is 2.85. The molecular weight excluding hydrogens is 244 g/mol. The second-order valence-corrected chi connectivity index (χ2v) is 5.22. The minimum Gasteiger partial charge on any atom is -0.267 e. The average Bonchev–Trinajstić information content (AvgIpc) is 2.75. The van der Waals surface area contributed by atoms with Gasteiger partial charge >= 0.3 is 0 Å². The molecule has 0 aliphatic rings. The van der Waals surface area contributed by atoms with Crippen LogP contribution in [0.5, 0.6) is 0 Å². The van der Waals surface area contributed by atoms with Gasteiger partial charge in [0.2, 0.25) is 0 Å². The molecule has 0 fully saturated rings. The third kappa shape index (κ3) is 2.62. The van der Waals surface area contributed by atoms with E-state index in [4.69, 9.17) is 5.26 Å². The van der Waals surface area contributed by atoms with Crippen LogP contribution in [0.3, 0.4) is 0 Å². The first-order chi connectivity index (χ1) is 8.94. The molecule has 0 N–H and O–H groups in total. The fourth-order valence-electron chi connectivity index (χ4n) is 1.85. The van der Waals surface area contributed by atoms with Crippen LogP contribution in [0, 0.1) is 16.7 Å². The molecule has 2 heterocycles. The Morgan fingerprint density at radius 3 is 2.89 bits per heavy atom. The van der Waals surface area contributed by atoms with Crippen LogP contribution in [0.2, 0.25) is 0 Å². The molecule has 7 heteroatoms. The standard InChI is InChI=1S/C12H16N6O/c1-12(2,8-13)5-4-6-18-11(19)9-7-14-17(3)10(9)15-16-18/h7H,4-6H2,1-3H3. The maximum absolute atomic E-state index is 12.1. The van der Waals surface area contributed by atoms with E-state index in [1.165, 1.54) is 15.6 Å². The molecule has 0 radical (unpaired) electrons. The van der Waals surface area contributed by atoms with Gasteiger partial charge in [0.1, 0.15) is 5.39 Å². The first kappa shape index (κ1) is 13.2. The van der Waals surface area contributed by atoms with Gasteiger partial charge in [-0.15, -0.1) is 5.10 Å². The smallest absolute Gasteiger partial charge is 0.267 e. The van der Waals surface area contributed by atoms with Crippen LogP contribution in [-0.4, -0.2) is 24.8 Å². The maximum Gasteiger partial charge on any atom is 0.280 e. The van der Waals surface area contributed by atoms with Gasteiger partial charge in [-0.2, -0.15) is 10.4 Å². The number of aryl methyl sites for hydroxylation is 2. The lowest BCUT2D eigenvalue weighted by molar-refractivity contribution is 0.398. The third-order valence-electron chi connectivity index (χ3n) is 3.09. The molecular formula is C12H16N6O. The highest BCUT2D eigenvalue weighted by Crippen LogP contribution is 2.20. The number of rotatable bonds is 4. The van der Waals surface area contributed by atoms with Crippen LogP contribution in [0.15, 0.2) is 11.0 Å². The molecule has 0 saturated heterocycles. The van der Waals surface area contributed by atoms with E-state index in [-0.39, 0.29) is 11.0 Å². The van der Waals surface area contributed by atoms with Crippen molar-refractivity contribution in [1.29, 1.82) is 5.26 Å². The molecule has 0 amide bonds. The quantitative estimate of drug-likeness (QED) is 0.813. The summed E-state index contributed by atoms with van der Waals surface area (Å²) in [6.45, 7) is 4.22. The molecule has 0 atom stereocenters. The van der Waals surface area contributed by atoms with Crippen LogP contribution < -0.4 is 5.56 Å². The summed E-state index contributed by atoms with van der Waals surface area (Å²) in [5, 5.41) is 21.3. The molecule has 2 rings (SSSR count). The zero-order valence-electron chi connectivity index (χ0n) is 11.3. The molecule has 100 valence electrons. The van der Waals surface area contributed by atoms with E-state index in [0.29, 0.717) is 30.4 Å². The Kier molecular flexibility index (Phi) is 3.34. The van der Waals surface area contributed by atoms with Crippen LogP contribution >= 0.6 is 0 Å². The van der Waals surface area contributed by atoms with Gasteiger partial charge in [-0.1, -0.05) is 5.21 Å². The second-order valence-electron chi connectivity index (χ2n) is 5.22. The van der Waals surface area contributed by atoms with Crippen molar-refractivity contribution < 1.29 is 0 Å². The molecule has 0 aromatic carbocycles. The Morgan fingerprint density at radius 2 is 2.21 bits per heavy atom. The molecule has 0 unspecified atom stereocenters. The van der Waals surface area contributed by atoms with Crippen molar-refractivity contribution in [1.82, 2.24) is 24.8 Å². The highest BCUT2D eigenvalue weighted by Gasteiger charge is 2.16. The molecule has 0 aliphatic carbocycles.